The van der Waals surface area contributed by atoms with E-state index >= 15 is 0 Å². The number of hydrogen-bond acceptors (Lipinski definition) is 4. The van der Waals surface area contributed by atoms with Gasteiger partial charge in [0.15, 0.2) is 5.82 Å². The highest BCUT2D eigenvalue weighted by Crippen LogP contribution is 2.15. The Kier molecular flexibility index (Phi) is 5.79. The van der Waals surface area contributed by atoms with E-state index in [1.54, 1.807) is 10.7 Å². The molecule has 0 aliphatic carbocycles. The highest BCUT2D eigenvalue weighted by molar-refractivity contribution is 5.88. The molecule has 7 nitrogen and oxygen atoms in total. The van der Waals surface area contributed by atoms with Gasteiger partial charge < -0.3 is 15.3 Å². The molecule has 3 N–H and O–H groups in total. The van der Waals surface area contributed by atoms with Crippen molar-refractivity contribution in [3.05, 3.63) is 11.8 Å². The van der Waals surface area contributed by atoms with E-state index in [9.17, 15) is 9.90 Å². The lowest BCUT2D eigenvalue weighted by Crippen LogP contribution is -2.43. The fourth-order valence-corrected chi connectivity index (χ4v) is 2.60. The summed E-state index contributed by atoms with van der Waals surface area (Å²) in [6.07, 6.45) is 1.81. The predicted molar refractivity (Wildman–Crippen MR) is 85.8 cm³/mol. The van der Waals surface area contributed by atoms with E-state index in [1.807, 2.05) is 14.0 Å². The molecule has 0 saturated carbocycles. The van der Waals surface area contributed by atoms with Gasteiger partial charge in [0.2, 0.25) is 0 Å². The van der Waals surface area contributed by atoms with Crippen molar-refractivity contribution >= 4 is 11.8 Å². The van der Waals surface area contributed by atoms with Crippen LogP contribution >= 0.6 is 0 Å². The van der Waals surface area contributed by atoms with E-state index in [0.29, 0.717) is 12.4 Å². The summed E-state index contributed by atoms with van der Waals surface area (Å²) >= 11 is 0. The summed E-state index contributed by atoms with van der Waals surface area (Å²) in [7, 11) is 1.82. The van der Waals surface area contributed by atoms with Gasteiger partial charge in [0.05, 0.1) is 6.10 Å². The van der Waals surface area contributed by atoms with Gasteiger partial charge in [-0.25, -0.2) is 4.79 Å². The summed E-state index contributed by atoms with van der Waals surface area (Å²) in [6, 6.07) is 1.45. The van der Waals surface area contributed by atoms with E-state index in [-0.39, 0.29) is 12.6 Å². The Morgan fingerprint density at radius 2 is 2.18 bits per heavy atom. The second kappa shape index (κ2) is 7.60. The minimum Gasteiger partial charge on any atom is -0.390 e. The molecule has 1 aromatic heterocycles. The molecule has 7 heteroatoms. The number of hydrogen-bond donors (Lipinski definition) is 3. The first kappa shape index (κ1) is 16.8. The molecule has 1 saturated heterocycles. The van der Waals surface area contributed by atoms with Crippen molar-refractivity contribution in [3.63, 3.8) is 0 Å². The molecule has 0 bridgehead atoms. The Morgan fingerprint density at radius 1 is 1.50 bits per heavy atom. The van der Waals surface area contributed by atoms with Crippen LogP contribution in [0.1, 0.15) is 25.5 Å². The first-order chi connectivity index (χ1) is 10.4. The summed E-state index contributed by atoms with van der Waals surface area (Å²) in [4.78, 5) is 14.0. The van der Waals surface area contributed by atoms with E-state index in [4.69, 9.17) is 0 Å². The molecule has 0 aromatic carbocycles. The fourth-order valence-electron chi connectivity index (χ4n) is 2.60. The van der Waals surface area contributed by atoms with E-state index in [2.05, 4.69) is 27.6 Å². The summed E-state index contributed by atoms with van der Waals surface area (Å²) < 4.78 is 1.70. The molecule has 2 heterocycles. The molecule has 1 atom stereocenters. The Hall–Kier alpha value is -1.60. The Labute approximate surface area is 131 Å². The molecular formula is C15H27N5O2. The number of amides is 2. The Morgan fingerprint density at radius 3 is 2.77 bits per heavy atom. The molecule has 2 rings (SSSR count). The van der Waals surface area contributed by atoms with E-state index in [0.717, 1.165) is 24.7 Å². The molecule has 1 aliphatic rings. The molecule has 0 radical (unpaired) electrons. The number of carbonyl (C=O) groups is 1. The number of nitrogens with one attached hydrogen (secondary N) is 2. The zero-order chi connectivity index (χ0) is 16.1. The molecule has 2 amide bonds. The van der Waals surface area contributed by atoms with Crippen molar-refractivity contribution < 1.29 is 9.90 Å². The SMILES string of the molecule is Cc1cc(NC(=O)NCC(O)CN2CCC(C)CC2)nn1C. The first-order valence-electron chi connectivity index (χ1n) is 7.90. The number of likely N-dealkylation sites (tertiary alicyclic amines) is 1. The van der Waals surface area contributed by atoms with Crippen molar-refractivity contribution in [2.75, 3.05) is 31.5 Å². The van der Waals surface area contributed by atoms with Crippen LogP contribution in [0.3, 0.4) is 0 Å². The van der Waals surface area contributed by atoms with Gasteiger partial charge in [0.25, 0.3) is 0 Å². The lowest BCUT2D eigenvalue weighted by molar-refractivity contribution is 0.0924. The van der Waals surface area contributed by atoms with Crippen LogP contribution in [0, 0.1) is 12.8 Å². The Bertz CT molecular complexity index is 475. The Balaban J connectivity index is 1.67. The summed E-state index contributed by atoms with van der Waals surface area (Å²) in [6.45, 7) is 7.08. The molecule has 0 spiro atoms. The zero-order valence-corrected chi connectivity index (χ0v) is 13.7. The van der Waals surface area contributed by atoms with E-state index < -0.39 is 6.10 Å². The maximum atomic E-state index is 11.8. The monoisotopic (exact) mass is 309 g/mol. The van der Waals surface area contributed by atoms with Gasteiger partial charge in [0, 0.05) is 31.9 Å². The van der Waals surface area contributed by atoms with Gasteiger partial charge >= 0.3 is 6.03 Å². The fraction of sp³-hybridized carbons (Fsp3) is 0.733. The summed E-state index contributed by atoms with van der Waals surface area (Å²) in [5.41, 5.74) is 0.967. The zero-order valence-electron chi connectivity index (χ0n) is 13.7. The number of anilines is 1. The molecule has 1 aliphatic heterocycles. The second-order valence-corrected chi connectivity index (χ2v) is 6.27. The van der Waals surface area contributed by atoms with Crippen LogP contribution in [0.5, 0.6) is 0 Å². The number of rotatable bonds is 5. The minimum atomic E-state index is -0.551. The number of aryl methyl sites for hydroxylation is 2. The third kappa shape index (κ3) is 4.99. The largest absolute Gasteiger partial charge is 0.390 e. The van der Waals surface area contributed by atoms with Gasteiger partial charge in [-0.1, -0.05) is 6.92 Å². The quantitative estimate of drug-likeness (QED) is 0.756. The van der Waals surface area contributed by atoms with Crippen LogP contribution in [-0.2, 0) is 7.05 Å². The van der Waals surface area contributed by atoms with Crippen LogP contribution in [0.2, 0.25) is 0 Å². The third-order valence-corrected chi connectivity index (χ3v) is 4.20. The minimum absolute atomic E-state index is 0.240. The van der Waals surface area contributed by atoms with Gasteiger partial charge in [-0.2, -0.15) is 5.10 Å². The number of nitrogens with zero attached hydrogens (tertiary/aromatic N) is 3. The van der Waals surface area contributed by atoms with Crippen LogP contribution in [0.4, 0.5) is 10.6 Å². The van der Waals surface area contributed by atoms with Crippen molar-refractivity contribution in [1.82, 2.24) is 20.0 Å². The number of β-amino-alcohol motifs (C(OH)–C–C–N with tert-alkyl or cyclic N) is 1. The average Bonchev–Trinajstić information content (AvgIpc) is 2.77. The van der Waals surface area contributed by atoms with Gasteiger partial charge in [-0.05, 0) is 38.8 Å². The smallest absolute Gasteiger partial charge is 0.320 e. The molecule has 1 unspecified atom stereocenters. The molecule has 1 fully saturated rings. The molecule has 1 aromatic rings. The van der Waals surface area contributed by atoms with Crippen LogP contribution < -0.4 is 10.6 Å². The number of aromatic nitrogens is 2. The van der Waals surface area contributed by atoms with Crippen LogP contribution in [-0.4, -0.2) is 58.1 Å². The number of urea groups is 1. The van der Waals surface area contributed by atoms with Gasteiger partial charge in [-0.3, -0.25) is 10.00 Å². The van der Waals surface area contributed by atoms with Crippen molar-refractivity contribution in [3.8, 4) is 0 Å². The van der Waals surface area contributed by atoms with Crippen molar-refractivity contribution in [2.45, 2.75) is 32.8 Å². The maximum absolute atomic E-state index is 11.8. The molecular weight excluding hydrogens is 282 g/mol. The highest BCUT2D eigenvalue weighted by atomic mass is 16.3. The average molecular weight is 309 g/mol. The number of aliphatic hydroxyl groups is 1. The van der Waals surface area contributed by atoms with Gasteiger partial charge in [0.1, 0.15) is 0 Å². The van der Waals surface area contributed by atoms with Gasteiger partial charge in [-0.15, -0.1) is 0 Å². The van der Waals surface area contributed by atoms with Crippen molar-refractivity contribution in [1.29, 1.82) is 0 Å². The lowest BCUT2D eigenvalue weighted by Gasteiger charge is -2.31. The topological polar surface area (TPSA) is 82.4 Å². The number of carbonyl (C=O) groups excluding carboxylic acids is 1. The molecule has 22 heavy (non-hydrogen) atoms. The summed E-state index contributed by atoms with van der Waals surface area (Å²) in [5, 5.41) is 19.5. The normalized spacial score (nSPS) is 18.2. The molecule has 124 valence electrons. The third-order valence-electron chi connectivity index (χ3n) is 4.20. The second-order valence-electron chi connectivity index (χ2n) is 6.27. The first-order valence-corrected chi connectivity index (χ1v) is 7.90. The predicted octanol–water partition coefficient (Wildman–Crippen LogP) is 0.943. The standard InChI is InChI=1S/C15H27N5O2/c1-11-4-6-20(7-5-11)10-13(21)9-16-15(22)17-14-8-12(2)19(3)18-14/h8,11,13,21H,4-7,9-10H2,1-3H3,(H2,16,17,18,22). The maximum Gasteiger partial charge on any atom is 0.320 e. The number of aliphatic hydroxyl groups excluding tert-OH is 1. The van der Waals surface area contributed by atoms with Crippen LogP contribution in [0.15, 0.2) is 6.07 Å². The van der Waals surface area contributed by atoms with E-state index in [1.165, 1.54) is 12.8 Å². The number of piperidine rings is 1. The summed E-state index contributed by atoms with van der Waals surface area (Å²) in [5.74, 6) is 1.29. The van der Waals surface area contributed by atoms with Crippen LogP contribution in [0.25, 0.3) is 0 Å². The lowest BCUT2D eigenvalue weighted by atomic mass is 9.99. The van der Waals surface area contributed by atoms with Crippen molar-refractivity contribution in [2.24, 2.45) is 13.0 Å². The highest BCUT2D eigenvalue weighted by Gasteiger charge is 2.18.